The Balaban J connectivity index is 2.98. The van der Waals surface area contributed by atoms with E-state index in [-0.39, 0.29) is 12.2 Å². The van der Waals surface area contributed by atoms with Gasteiger partial charge in [0, 0.05) is 23.2 Å². The zero-order valence-corrected chi connectivity index (χ0v) is 8.11. The average molecular weight is 247 g/mol. The van der Waals surface area contributed by atoms with E-state index in [0.717, 1.165) is 5.56 Å². The number of hydroxylamine groups is 1. The molecule has 0 unspecified atom stereocenters. The highest BCUT2D eigenvalue weighted by Gasteiger charge is 2.07. The monoisotopic (exact) mass is 246 g/mol. The normalized spacial score (nSPS) is 10.0. The van der Waals surface area contributed by atoms with Gasteiger partial charge in [-0.05, 0) is 11.6 Å². The summed E-state index contributed by atoms with van der Waals surface area (Å²) in [5, 5.41) is 18.8. The standard InChI is InChI=1S/C7H7BrN2O3/c8-7-3-6(10(12)13)2-1-5(7)4-9-11/h1-3,9,11H,4H2. The Morgan fingerprint density at radius 3 is 2.77 bits per heavy atom. The van der Waals surface area contributed by atoms with Crippen molar-refractivity contribution in [3.05, 3.63) is 38.3 Å². The maximum atomic E-state index is 10.3. The topological polar surface area (TPSA) is 75.4 Å². The highest BCUT2D eigenvalue weighted by atomic mass is 79.9. The number of rotatable bonds is 3. The van der Waals surface area contributed by atoms with Crippen molar-refractivity contribution in [3.63, 3.8) is 0 Å². The second kappa shape index (κ2) is 4.31. The molecule has 6 heteroatoms. The Morgan fingerprint density at radius 1 is 1.62 bits per heavy atom. The lowest BCUT2D eigenvalue weighted by molar-refractivity contribution is -0.384. The third kappa shape index (κ3) is 2.48. The molecule has 70 valence electrons. The van der Waals surface area contributed by atoms with Crippen LogP contribution in [0.5, 0.6) is 0 Å². The number of nitro groups is 1. The molecule has 0 aliphatic carbocycles. The fraction of sp³-hybridized carbons (Fsp3) is 0.143. The van der Waals surface area contributed by atoms with Crippen molar-refractivity contribution in [2.45, 2.75) is 6.54 Å². The van der Waals surface area contributed by atoms with Crippen molar-refractivity contribution in [2.75, 3.05) is 0 Å². The molecule has 0 aromatic heterocycles. The van der Waals surface area contributed by atoms with Gasteiger partial charge in [-0.1, -0.05) is 15.9 Å². The number of nitro benzene ring substituents is 1. The summed E-state index contributed by atoms with van der Waals surface area (Å²) in [4.78, 5) is 9.87. The molecule has 0 bridgehead atoms. The van der Waals surface area contributed by atoms with Gasteiger partial charge in [0.2, 0.25) is 0 Å². The van der Waals surface area contributed by atoms with Crippen molar-refractivity contribution in [2.24, 2.45) is 0 Å². The highest BCUT2D eigenvalue weighted by Crippen LogP contribution is 2.22. The van der Waals surface area contributed by atoms with Crippen LogP contribution in [-0.2, 0) is 6.54 Å². The quantitative estimate of drug-likeness (QED) is 0.631. The molecule has 0 fully saturated rings. The molecule has 0 radical (unpaired) electrons. The number of non-ortho nitro benzene ring substituents is 1. The van der Waals surface area contributed by atoms with Gasteiger partial charge in [-0.3, -0.25) is 10.1 Å². The second-order valence-corrected chi connectivity index (χ2v) is 3.22. The van der Waals surface area contributed by atoms with E-state index >= 15 is 0 Å². The van der Waals surface area contributed by atoms with Crippen molar-refractivity contribution < 1.29 is 10.1 Å². The maximum absolute atomic E-state index is 10.3. The van der Waals surface area contributed by atoms with Crippen LogP contribution in [0.15, 0.2) is 22.7 Å². The first-order valence-corrected chi connectivity index (χ1v) is 4.24. The average Bonchev–Trinajstić information content (AvgIpc) is 2.08. The molecule has 0 aliphatic heterocycles. The van der Waals surface area contributed by atoms with E-state index in [0.29, 0.717) is 4.47 Å². The second-order valence-electron chi connectivity index (χ2n) is 2.37. The smallest absolute Gasteiger partial charge is 0.270 e. The van der Waals surface area contributed by atoms with Gasteiger partial charge in [-0.2, -0.15) is 0 Å². The summed E-state index contributed by atoms with van der Waals surface area (Å²) in [6.07, 6.45) is 0. The van der Waals surface area contributed by atoms with E-state index in [9.17, 15) is 10.1 Å². The Morgan fingerprint density at radius 2 is 2.31 bits per heavy atom. The van der Waals surface area contributed by atoms with Crippen LogP contribution in [0.25, 0.3) is 0 Å². The van der Waals surface area contributed by atoms with Gasteiger partial charge in [0.15, 0.2) is 0 Å². The molecule has 1 aromatic rings. The number of hydrogen-bond donors (Lipinski definition) is 2. The molecule has 1 rings (SSSR count). The van der Waals surface area contributed by atoms with Gasteiger partial charge in [0.05, 0.1) is 4.92 Å². The molecule has 0 spiro atoms. The van der Waals surface area contributed by atoms with Crippen LogP contribution >= 0.6 is 15.9 Å². The van der Waals surface area contributed by atoms with E-state index in [1.165, 1.54) is 12.1 Å². The minimum Gasteiger partial charge on any atom is -0.316 e. The number of nitrogens with one attached hydrogen (secondary N) is 1. The largest absolute Gasteiger partial charge is 0.316 e. The van der Waals surface area contributed by atoms with Crippen LogP contribution in [0.2, 0.25) is 0 Å². The molecule has 5 nitrogen and oxygen atoms in total. The van der Waals surface area contributed by atoms with Crippen molar-refractivity contribution in [3.8, 4) is 0 Å². The molecular weight excluding hydrogens is 240 g/mol. The molecule has 0 aliphatic rings. The third-order valence-electron chi connectivity index (χ3n) is 1.52. The molecule has 0 atom stereocenters. The molecule has 13 heavy (non-hydrogen) atoms. The SMILES string of the molecule is O=[N+]([O-])c1ccc(CNO)c(Br)c1. The van der Waals surface area contributed by atoms with Crippen LogP contribution in [0.3, 0.4) is 0 Å². The summed E-state index contributed by atoms with van der Waals surface area (Å²) in [7, 11) is 0. The Kier molecular flexibility index (Phi) is 3.35. The van der Waals surface area contributed by atoms with Gasteiger partial charge < -0.3 is 5.21 Å². The van der Waals surface area contributed by atoms with Crippen LogP contribution in [0.4, 0.5) is 5.69 Å². The van der Waals surface area contributed by atoms with Gasteiger partial charge >= 0.3 is 0 Å². The van der Waals surface area contributed by atoms with Gasteiger partial charge in [-0.15, -0.1) is 0 Å². The minimum atomic E-state index is -0.471. The van der Waals surface area contributed by atoms with E-state index in [1.54, 1.807) is 6.07 Å². The molecule has 0 amide bonds. The van der Waals surface area contributed by atoms with E-state index in [4.69, 9.17) is 5.21 Å². The maximum Gasteiger partial charge on any atom is 0.270 e. The number of benzene rings is 1. The Bertz CT molecular complexity index is 330. The summed E-state index contributed by atoms with van der Waals surface area (Å²) >= 11 is 3.16. The summed E-state index contributed by atoms with van der Waals surface area (Å²) in [6, 6.07) is 4.36. The van der Waals surface area contributed by atoms with Crippen LogP contribution in [0.1, 0.15) is 5.56 Å². The van der Waals surface area contributed by atoms with E-state index < -0.39 is 4.92 Å². The van der Waals surface area contributed by atoms with Crippen molar-refractivity contribution >= 4 is 21.6 Å². The number of halogens is 1. The highest BCUT2D eigenvalue weighted by molar-refractivity contribution is 9.10. The summed E-state index contributed by atoms with van der Waals surface area (Å²) in [5.41, 5.74) is 2.75. The van der Waals surface area contributed by atoms with E-state index in [2.05, 4.69) is 15.9 Å². The first-order chi connectivity index (χ1) is 6.15. The first kappa shape index (κ1) is 10.1. The van der Waals surface area contributed by atoms with Crippen LogP contribution < -0.4 is 5.48 Å². The lowest BCUT2D eigenvalue weighted by atomic mass is 10.2. The third-order valence-corrected chi connectivity index (χ3v) is 2.26. The molecule has 0 saturated carbocycles. The number of hydrogen-bond acceptors (Lipinski definition) is 4. The fourth-order valence-corrected chi connectivity index (χ4v) is 1.39. The predicted molar refractivity (Wildman–Crippen MR) is 49.4 cm³/mol. The molecular formula is C7H7BrN2O3. The Labute approximate surface area is 82.6 Å². The van der Waals surface area contributed by atoms with Crippen LogP contribution in [-0.4, -0.2) is 10.1 Å². The first-order valence-electron chi connectivity index (χ1n) is 3.45. The number of nitrogens with zero attached hydrogens (tertiary/aromatic N) is 1. The summed E-state index contributed by atoms with van der Waals surface area (Å²) in [5.74, 6) is 0. The lowest BCUT2D eigenvalue weighted by Gasteiger charge is -2.01. The molecule has 2 N–H and O–H groups in total. The van der Waals surface area contributed by atoms with Gasteiger partial charge in [0.25, 0.3) is 5.69 Å². The zero-order chi connectivity index (χ0) is 9.84. The van der Waals surface area contributed by atoms with Crippen molar-refractivity contribution in [1.29, 1.82) is 0 Å². The van der Waals surface area contributed by atoms with Crippen molar-refractivity contribution in [1.82, 2.24) is 5.48 Å². The Hall–Kier alpha value is -0.980. The fourth-order valence-electron chi connectivity index (χ4n) is 0.878. The van der Waals surface area contributed by atoms with Gasteiger partial charge in [-0.25, -0.2) is 5.48 Å². The molecule has 0 heterocycles. The summed E-state index contributed by atoms with van der Waals surface area (Å²) < 4.78 is 0.600. The summed E-state index contributed by atoms with van der Waals surface area (Å²) in [6.45, 7) is 0.249. The zero-order valence-electron chi connectivity index (χ0n) is 6.53. The molecule has 1 aromatic carbocycles. The predicted octanol–water partition coefficient (Wildman–Crippen LogP) is 1.84. The minimum absolute atomic E-state index is 0.0218. The lowest BCUT2D eigenvalue weighted by Crippen LogP contribution is -2.06. The van der Waals surface area contributed by atoms with Gasteiger partial charge in [0.1, 0.15) is 0 Å². The van der Waals surface area contributed by atoms with E-state index in [1.807, 2.05) is 5.48 Å². The van der Waals surface area contributed by atoms with Crippen LogP contribution in [0, 0.1) is 10.1 Å². The molecule has 0 saturated heterocycles.